The molecule has 18 heavy (non-hydrogen) atoms. The fourth-order valence-corrected chi connectivity index (χ4v) is 2.68. The van der Waals surface area contributed by atoms with Crippen molar-refractivity contribution < 1.29 is 19.1 Å². The molecule has 2 aromatic carbocycles. The van der Waals surface area contributed by atoms with Crippen molar-refractivity contribution in [2.24, 2.45) is 0 Å². The predicted molar refractivity (Wildman–Crippen MR) is 62.6 cm³/mol. The third kappa shape index (κ3) is 1.14. The summed E-state index contributed by atoms with van der Waals surface area (Å²) in [5, 5.41) is 1.94. The Morgan fingerprint density at radius 2 is 1.28 bits per heavy atom. The molecule has 0 bridgehead atoms. The lowest BCUT2D eigenvalue weighted by molar-refractivity contribution is -0.132. The molecule has 4 nitrogen and oxygen atoms in total. The van der Waals surface area contributed by atoms with E-state index in [4.69, 9.17) is 9.47 Å². The molecule has 88 valence electrons. The van der Waals surface area contributed by atoms with Crippen LogP contribution < -0.4 is 9.47 Å². The molecule has 0 fully saturated rings. The molecule has 2 aliphatic rings. The SMILES string of the molecule is O=C1Cc2c(ccc3ccc4c(c23)CC(=O)O4)O1. The van der Waals surface area contributed by atoms with Crippen molar-refractivity contribution in [3.63, 3.8) is 0 Å². The monoisotopic (exact) mass is 240 g/mol. The van der Waals surface area contributed by atoms with Crippen molar-refractivity contribution >= 4 is 22.7 Å². The number of hydrogen-bond donors (Lipinski definition) is 0. The van der Waals surface area contributed by atoms with Gasteiger partial charge in [-0.15, -0.1) is 0 Å². The van der Waals surface area contributed by atoms with Crippen LogP contribution in [0.15, 0.2) is 24.3 Å². The first kappa shape index (κ1) is 9.65. The normalized spacial score (nSPS) is 16.4. The van der Waals surface area contributed by atoms with Crippen LogP contribution in [0.4, 0.5) is 0 Å². The van der Waals surface area contributed by atoms with Gasteiger partial charge in [0.15, 0.2) is 0 Å². The van der Waals surface area contributed by atoms with E-state index in [9.17, 15) is 9.59 Å². The number of fused-ring (bicyclic) bond motifs is 5. The predicted octanol–water partition coefficient (Wildman–Crippen LogP) is 1.76. The quantitative estimate of drug-likeness (QED) is 0.520. The van der Waals surface area contributed by atoms with Crippen molar-refractivity contribution in [3.05, 3.63) is 35.4 Å². The third-order valence-corrected chi connectivity index (χ3v) is 3.41. The maximum absolute atomic E-state index is 11.4. The number of hydrogen-bond acceptors (Lipinski definition) is 4. The molecule has 4 rings (SSSR count). The summed E-state index contributed by atoms with van der Waals surface area (Å²) in [5.41, 5.74) is 1.74. The van der Waals surface area contributed by atoms with E-state index >= 15 is 0 Å². The summed E-state index contributed by atoms with van der Waals surface area (Å²) in [4.78, 5) is 22.8. The molecule has 2 aromatic rings. The van der Waals surface area contributed by atoms with Gasteiger partial charge >= 0.3 is 11.9 Å². The second-order valence-electron chi connectivity index (χ2n) is 4.48. The van der Waals surface area contributed by atoms with Gasteiger partial charge in [0.25, 0.3) is 0 Å². The smallest absolute Gasteiger partial charge is 0.315 e. The number of carbonyl (C=O) groups excluding carboxylic acids is 2. The highest BCUT2D eigenvalue weighted by atomic mass is 16.5. The molecule has 2 heterocycles. The number of ether oxygens (including phenoxy) is 2. The van der Waals surface area contributed by atoms with E-state index in [1.807, 2.05) is 12.1 Å². The molecule has 0 aromatic heterocycles. The lowest BCUT2D eigenvalue weighted by atomic mass is 9.96. The van der Waals surface area contributed by atoms with Crippen LogP contribution in [0.25, 0.3) is 10.8 Å². The first-order valence-corrected chi connectivity index (χ1v) is 5.71. The Labute approximate surface area is 102 Å². The highest BCUT2D eigenvalue weighted by Gasteiger charge is 2.28. The largest absolute Gasteiger partial charge is 0.426 e. The Bertz CT molecular complexity index is 671. The van der Waals surface area contributed by atoms with E-state index < -0.39 is 0 Å². The molecular formula is C14H8O4. The zero-order valence-electron chi connectivity index (χ0n) is 9.36. The molecule has 4 heteroatoms. The number of carbonyl (C=O) groups is 2. The first-order chi connectivity index (χ1) is 8.72. The lowest BCUT2D eigenvalue weighted by Crippen LogP contribution is -2.00. The van der Waals surface area contributed by atoms with E-state index in [0.717, 1.165) is 21.9 Å². The van der Waals surface area contributed by atoms with Gasteiger partial charge in [-0.2, -0.15) is 0 Å². The van der Waals surface area contributed by atoms with Crippen LogP contribution in [0.1, 0.15) is 11.1 Å². The molecule has 0 N–H and O–H groups in total. The molecule has 0 amide bonds. The Kier molecular flexibility index (Phi) is 1.66. The summed E-state index contributed by atoms with van der Waals surface area (Å²) >= 11 is 0. The van der Waals surface area contributed by atoms with E-state index in [0.29, 0.717) is 11.5 Å². The zero-order valence-corrected chi connectivity index (χ0v) is 9.36. The van der Waals surface area contributed by atoms with Crippen LogP contribution in [-0.4, -0.2) is 11.9 Å². The van der Waals surface area contributed by atoms with Gasteiger partial charge in [0.1, 0.15) is 11.5 Å². The second-order valence-corrected chi connectivity index (χ2v) is 4.48. The molecule has 2 aliphatic heterocycles. The Hall–Kier alpha value is -2.36. The molecule has 0 aliphatic carbocycles. The van der Waals surface area contributed by atoms with Gasteiger partial charge in [-0.05, 0) is 22.9 Å². The number of esters is 2. The van der Waals surface area contributed by atoms with E-state index in [1.165, 1.54) is 0 Å². The van der Waals surface area contributed by atoms with Gasteiger partial charge < -0.3 is 9.47 Å². The van der Waals surface area contributed by atoms with E-state index in [-0.39, 0.29) is 24.8 Å². The van der Waals surface area contributed by atoms with Gasteiger partial charge in [0, 0.05) is 11.1 Å². The average Bonchev–Trinajstić information content (AvgIpc) is 2.88. The van der Waals surface area contributed by atoms with E-state index in [1.54, 1.807) is 12.1 Å². The molecule has 0 atom stereocenters. The van der Waals surface area contributed by atoms with Gasteiger partial charge in [0.05, 0.1) is 12.8 Å². The number of benzene rings is 2. The average molecular weight is 240 g/mol. The van der Waals surface area contributed by atoms with Crippen LogP contribution in [0.5, 0.6) is 11.5 Å². The highest BCUT2D eigenvalue weighted by molar-refractivity contribution is 6.01. The zero-order chi connectivity index (χ0) is 12.3. The van der Waals surface area contributed by atoms with Gasteiger partial charge in [-0.25, -0.2) is 0 Å². The van der Waals surface area contributed by atoms with Crippen molar-refractivity contribution in [2.75, 3.05) is 0 Å². The summed E-state index contributed by atoms with van der Waals surface area (Å²) in [6, 6.07) is 7.39. The lowest BCUT2D eigenvalue weighted by Gasteiger charge is -2.06. The summed E-state index contributed by atoms with van der Waals surface area (Å²) in [5.74, 6) is 0.696. The molecule has 0 saturated heterocycles. The van der Waals surface area contributed by atoms with Gasteiger partial charge in [0.2, 0.25) is 0 Å². The van der Waals surface area contributed by atoms with E-state index in [2.05, 4.69) is 0 Å². The van der Waals surface area contributed by atoms with Crippen LogP contribution in [0.3, 0.4) is 0 Å². The van der Waals surface area contributed by atoms with Gasteiger partial charge in [-0.3, -0.25) is 9.59 Å². The maximum Gasteiger partial charge on any atom is 0.315 e. The Morgan fingerprint density at radius 3 is 1.78 bits per heavy atom. The van der Waals surface area contributed by atoms with Crippen molar-refractivity contribution in [1.82, 2.24) is 0 Å². The Morgan fingerprint density at radius 1 is 0.778 bits per heavy atom. The second kappa shape index (κ2) is 3.10. The van der Waals surface area contributed by atoms with Crippen molar-refractivity contribution in [2.45, 2.75) is 12.8 Å². The summed E-state index contributed by atoms with van der Waals surface area (Å²) in [6.45, 7) is 0. The molecule has 0 radical (unpaired) electrons. The minimum Gasteiger partial charge on any atom is -0.426 e. The highest BCUT2D eigenvalue weighted by Crippen LogP contribution is 2.40. The topological polar surface area (TPSA) is 52.6 Å². The number of rotatable bonds is 0. The molecule has 0 unspecified atom stereocenters. The fraction of sp³-hybridized carbons (Fsp3) is 0.143. The van der Waals surface area contributed by atoms with Crippen LogP contribution in [0, 0.1) is 0 Å². The summed E-state index contributed by atoms with van der Waals surface area (Å²) in [7, 11) is 0. The minimum atomic E-state index is -0.250. The first-order valence-electron chi connectivity index (χ1n) is 5.71. The minimum absolute atomic E-state index is 0.250. The standard InChI is InChI=1S/C14H8O4/c15-12-5-8-10(17-12)3-1-7-2-4-11-9(14(7)8)6-13(16)18-11/h1-4H,5-6H2. The third-order valence-electron chi connectivity index (χ3n) is 3.41. The fourth-order valence-electron chi connectivity index (χ4n) is 2.68. The van der Waals surface area contributed by atoms with Crippen LogP contribution in [-0.2, 0) is 22.4 Å². The van der Waals surface area contributed by atoms with Crippen LogP contribution in [0.2, 0.25) is 0 Å². The summed E-state index contributed by atoms with van der Waals surface area (Å²) in [6.07, 6.45) is 0.522. The van der Waals surface area contributed by atoms with Crippen molar-refractivity contribution in [3.8, 4) is 11.5 Å². The molecule has 0 spiro atoms. The van der Waals surface area contributed by atoms with Crippen LogP contribution >= 0.6 is 0 Å². The maximum atomic E-state index is 11.4. The Balaban J connectivity index is 2.11. The molecular weight excluding hydrogens is 232 g/mol. The summed E-state index contributed by atoms with van der Waals surface area (Å²) < 4.78 is 10.3. The van der Waals surface area contributed by atoms with Gasteiger partial charge in [-0.1, -0.05) is 12.1 Å². The molecule has 0 saturated carbocycles. The van der Waals surface area contributed by atoms with Crippen molar-refractivity contribution in [1.29, 1.82) is 0 Å².